The molecule has 1 N–H and O–H groups in total. The van der Waals surface area contributed by atoms with Gasteiger partial charge in [-0.1, -0.05) is 28.1 Å². The Kier molecular flexibility index (Phi) is 2.70. The molecule has 0 spiro atoms. The number of hydrogen-bond donors (Lipinski definition) is 1. The van der Waals surface area contributed by atoms with Crippen LogP contribution < -0.4 is 0 Å². The molecule has 2 atom stereocenters. The molecule has 0 amide bonds. The monoisotopic (exact) mass is 240 g/mol. The molecule has 2 unspecified atom stereocenters. The van der Waals surface area contributed by atoms with Crippen LogP contribution in [0.15, 0.2) is 28.7 Å². The Morgan fingerprint density at radius 2 is 1.85 bits per heavy atom. The first kappa shape index (κ1) is 9.22. The zero-order valence-corrected chi connectivity index (χ0v) is 9.00. The lowest BCUT2D eigenvalue weighted by Gasteiger charge is -2.09. The standard InChI is InChI=1S/C11H13BrO/c12-10-4-1-8(2-5-10)9-3-6-11(13)7-9/h1-2,4-5,9,11,13H,3,6-7H2. The third-order valence-corrected chi connectivity index (χ3v) is 3.28. The number of rotatable bonds is 1. The van der Waals surface area contributed by atoms with Crippen LogP contribution in [0.1, 0.15) is 30.7 Å². The molecule has 70 valence electrons. The predicted molar refractivity (Wildman–Crippen MR) is 56.7 cm³/mol. The SMILES string of the molecule is OC1CCC(c2ccc(Br)cc2)C1. The van der Waals surface area contributed by atoms with Gasteiger partial charge in [-0.05, 0) is 42.9 Å². The summed E-state index contributed by atoms with van der Waals surface area (Å²) < 4.78 is 1.12. The molecule has 1 saturated carbocycles. The summed E-state index contributed by atoms with van der Waals surface area (Å²) in [5.41, 5.74) is 1.36. The van der Waals surface area contributed by atoms with Gasteiger partial charge in [0.1, 0.15) is 0 Å². The van der Waals surface area contributed by atoms with Gasteiger partial charge in [-0.3, -0.25) is 0 Å². The van der Waals surface area contributed by atoms with Crippen LogP contribution in [0.25, 0.3) is 0 Å². The second kappa shape index (κ2) is 3.81. The van der Waals surface area contributed by atoms with Crippen molar-refractivity contribution >= 4 is 15.9 Å². The molecule has 2 heteroatoms. The van der Waals surface area contributed by atoms with E-state index in [4.69, 9.17) is 0 Å². The zero-order valence-electron chi connectivity index (χ0n) is 7.41. The highest BCUT2D eigenvalue weighted by Crippen LogP contribution is 2.34. The fourth-order valence-electron chi connectivity index (χ4n) is 2.00. The maximum absolute atomic E-state index is 9.41. The lowest BCUT2D eigenvalue weighted by Crippen LogP contribution is -1.99. The van der Waals surface area contributed by atoms with E-state index in [9.17, 15) is 5.11 Å². The highest BCUT2D eigenvalue weighted by atomic mass is 79.9. The summed E-state index contributed by atoms with van der Waals surface area (Å²) in [6.07, 6.45) is 2.94. The molecule has 13 heavy (non-hydrogen) atoms. The predicted octanol–water partition coefficient (Wildman–Crippen LogP) is 3.08. The zero-order chi connectivity index (χ0) is 9.26. The van der Waals surface area contributed by atoms with Gasteiger partial charge < -0.3 is 5.11 Å². The molecule has 1 fully saturated rings. The largest absolute Gasteiger partial charge is 0.393 e. The molecular formula is C11H13BrO. The van der Waals surface area contributed by atoms with E-state index < -0.39 is 0 Å². The molecule has 2 rings (SSSR count). The molecule has 1 aromatic carbocycles. The molecule has 0 bridgehead atoms. The summed E-state index contributed by atoms with van der Waals surface area (Å²) in [4.78, 5) is 0. The summed E-state index contributed by atoms with van der Waals surface area (Å²) in [7, 11) is 0. The van der Waals surface area contributed by atoms with Crippen molar-refractivity contribution < 1.29 is 5.11 Å². The highest BCUT2D eigenvalue weighted by Gasteiger charge is 2.23. The molecule has 0 aromatic heterocycles. The van der Waals surface area contributed by atoms with Crippen LogP contribution in [0.2, 0.25) is 0 Å². The molecular weight excluding hydrogens is 228 g/mol. The number of hydrogen-bond acceptors (Lipinski definition) is 1. The molecule has 1 aromatic rings. The first-order chi connectivity index (χ1) is 6.25. The van der Waals surface area contributed by atoms with Gasteiger partial charge in [-0.25, -0.2) is 0 Å². The van der Waals surface area contributed by atoms with Crippen molar-refractivity contribution in [1.29, 1.82) is 0 Å². The van der Waals surface area contributed by atoms with Crippen LogP contribution in [-0.4, -0.2) is 11.2 Å². The molecule has 0 radical (unpaired) electrons. The van der Waals surface area contributed by atoms with E-state index in [-0.39, 0.29) is 6.10 Å². The van der Waals surface area contributed by atoms with Crippen LogP contribution in [0.3, 0.4) is 0 Å². The Morgan fingerprint density at radius 3 is 2.38 bits per heavy atom. The summed E-state index contributed by atoms with van der Waals surface area (Å²) >= 11 is 3.42. The van der Waals surface area contributed by atoms with E-state index in [1.807, 2.05) is 0 Å². The van der Waals surface area contributed by atoms with Crippen LogP contribution in [0, 0.1) is 0 Å². The Morgan fingerprint density at radius 1 is 1.15 bits per heavy atom. The summed E-state index contributed by atoms with van der Waals surface area (Å²) in [6.45, 7) is 0. The van der Waals surface area contributed by atoms with Gasteiger partial charge in [0.2, 0.25) is 0 Å². The second-order valence-corrected chi connectivity index (χ2v) is 4.63. The van der Waals surface area contributed by atoms with Gasteiger partial charge in [0.15, 0.2) is 0 Å². The van der Waals surface area contributed by atoms with Crippen LogP contribution in [-0.2, 0) is 0 Å². The maximum Gasteiger partial charge on any atom is 0.0546 e. The Hall–Kier alpha value is -0.340. The van der Waals surface area contributed by atoms with Crippen LogP contribution in [0.4, 0.5) is 0 Å². The fraction of sp³-hybridized carbons (Fsp3) is 0.455. The molecule has 1 aliphatic rings. The Labute approximate surface area is 86.9 Å². The molecule has 1 nitrogen and oxygen atoms in total. The number of aliphatic hydroxyl groups is 1. The van der Waals surface area contributed by atoms with E-state index >= 15 is 0 Å². The van der Waals surface area contributed by atoms with Gasteiger partial charge in [0.25, 0.3) is 0 Å². The van der Waals surface area contributed by atoms with E-state index in [1.165, 1.54) is 5.56 Å². The van der Waals surface area contributed by atoms with Gasteiger partial charge in [-0.2, -0.15) is 0 Å². The van der Waals surface area contributed by atoms with Gasteiger partial charge in [0.05, 0.1) is 6.10 Å². The average Bonchev–Trinajstić information content (AvgIpc) is 2.53. The summed E-state index contributed by atoms with van der Waals surface area (Å²) in [5.74, 6) is 0.572. The second-order valence-electron chi connectivity index (χ2n) is 3.72. The van der Waals surface area contributed by atoms with E-state index in [1.54, 1.807) is 0 Å². The molecule has 0 saturated heterocycles. The smallest absolute Gasteiger partial charge is 0.0546 e. The fourth-order valence-corrected chi connectivity index (χ4v) is 2.26. The number of benzene rings is 1. The molecule has 0 heterocycles. The highest BCUT2D eigenvalue weighted by molar-refractivity contribution is 9.10. The third kappa shape index (κ3) is 2.12. The van der Waals surface area contributed by atoms with Gasteiger partial charge in [-0.15, -0.1) is 0 Å². The van der Waals surface area contributed by atoms with E-state index in [0.717, 1.165) is 23.7 Å². The van der Waals surface area contributed by atoms with Crippen molar-refractivity contribution in [3.05, 3.63) is 34.3 Å². The minimum atomic E-state index is -0.0753. The van der Waals surface area contributed by atoms with E-state index in [0.29, 0.717) is 5.92 Å². The lowest BCUT2D eigenvalue weighted by molar-refractivity contribution is 0.181. The van der Waals surface area contributed by atoms with Gasteiger partial charge in [0, 0.05) is 4.47 Å². The maximum atomic E-state index is 9.41. The normalized spacial score (nSPS) is 27.8. The minimum Gasteiger partial charge on any atom is -0.393 e. The first-order valence-corrected chi connectivity index (χ1v) is 5.48. The van der Waals surface area contributed by atoms with Crippen LogP contribution >= 0.6 is 15.9 Å². The van der Waals surface area contributed by atoms with Crippen molar-refractivity contribution in [1.82, 2.24) is 0 Å². The van der Waals surface area contributed by atoms with Crippen LogP contribution in [0.5, 0.6) is 0 Å². The van der Waals surface area contributed by atoms with Crippen molar-refractivity contribution in [2.75, 3.05) is 0 Å². The third-order valence-electron chi connectivity index (χ3n) is 2.75. The lowest BCUT2D eigenvalue weighted by atomic mass is 9.98. The number of aliphatic hydroxyl groups excluding tert-OH is 1. The summed E-state index contributed by atoms with van der Waals surface area (Å²) in [6, 6.07) is 8.43. The topological polar surface area (TPSA) is 20.2 Å². The van der Waals surface area contributed by atoms with E-state index in [2.05, 4.69) is 40.2 Å². The van der Waals surface area contributed by atoms with Crippen molar-refractivity contribution in [3.8, 4) is 0 Å². The molecule has 1 aliphatic carbocycles. The Balaban J connectivity index is 2.13. The minimum absolute atomic E-state index is 0.0753. The van der Waals surface area contributed by atoms with Crippen molar-refractivity contribution in [2.24, 2.45) is 0 Å². The summed E-state index contributed by atoms with van der Waals surface area (Å²) in [5, 5.41) is 9.41. The Bertz CT molecular complexity index is 281. The average molecular weight is 241 g/mol. The number of halogens is 1. The van der Waals surface area contributed by atoms with Crippen molar-refractivity contribution in [3.63, 3.8) is 0 Å². The molecule has 0 aliphatic heterocycles. The first-order valence-electron chi connectivity index (χ1n) is 4.69. The van der Waals surface area contributed by atoms with Crippen molar-refractivity contribution in [2.45, 2.75) is 31.3 Å². The quantitative estimate of drug-likeness (QED) is 0.801. The van der Waals surface area contributed by atoms with Gasteiger partial charge >= 0.3 is 0 Å².